The number of halogens is 3. The summed E-state index contributed by atoms with van der Waals surface area (Å²) in [5, 5.41) is 0.394. The van der Waals surface area contributed by atoms with E-state index in [0.29, 0.717) is 44.9 Å². The predicted molar refractivity (Wildman–Crippen MR) is 123 cm³/mol. The summed E-state index contributed by atoms with van der Waals surface area (Å²) in [7, 11) is 0. The van der Waals surface area contributed by atoms with Gasteiger partial charge in [-0.2, -0.15) is 0 Å². The molecule has 1 atom stereocenters. The average molecular weight is 556 g/mol. The SMILES string of the molecule is O=c1c2cc(Br)cnc2nc([C@@H]([As])Cc2cc(F)cc(F)c2)n1-c1ccc(C2CC2)cc1. The standard InChI is InChI=1S/C24H17AsBrF2N3O/c25-21(9-13-7-17(27)11-18(28)8-13)23-30-22-20(10-16(26)12-29-22)24(32)31(23)19-5-3-15(4-6-19)14-1-2-14/h3-8,10-12,14,21H,1-2,9H2/t21-/m0/s1. The molecule has 5 rings (SSSR count). The molecule has 160 valence electrons. The number of benzene rings is 2. The van der Waals surface area contributed by atoms with Gasteiger partial charge >= 0.3 is 201 Å². The first-order valence-corrected chi connectivity index (χ1v) is 12.1. The zero-order valence-corrected chi connectivity index (χ0v) is 20.3. The van der Waals surface area contributed by atoms with E-state index >= 15 is 0 Å². The van der Waals surface area contributed by atoms with E-state index in [1.54, 1.807) is 16.8 Å². The molecule has 2 aromatic heterocycles. The molecule has 4 aromatic rings. The molecule has 4 nitrogen and oxygen atoms in total. The minimum absolute atomic E-state index is 0.237. The Kier molecular flexibility index (Phi) is 5.72. The van der Waals surface area contributed by atoms with Gasteiger partial charge in [-0.15, -0.1) is 0 Å². The Balaban J connectivity index is 1.64. The molecule has 0 bridgehead atoms. The van der Waals surface area contributed by atoms with Crippen molar-refractivity contribution in [2.45, 2.75) is 29.9 Å². The Bertz CT molecular complexity index is 1370. The van der Waals surface area contributed by atoms with Crippen LogP contribution in [0.2, 0.25) is 0 Å². The van der Waals surface area contributed by atoms with Crippen LogP contribution in [-0.4, -0.2) is 31.4 Å². The van der Waals surface area contributed by atoms with Crippen LogP contribution in [0.1, 0.15) is 40.4 Å². The molecule has 1 aliphatic carbocycles. The van der Waals surface area contributed by atoms with Crippen LogP contribution in [0.5, 0.6) is 0 Å². The van der Waals surface area contributed by atoms with E-state index in [1.807, 2.05) is 24.3 Å². The zero-order valence-electron chi connectivity index (χ0n) is 16.8. The molecule has 1 saturated carbocycles. The minimum atomic E-state index is -0.634. The number of nitrogens with zero attached hydrogens (tertiary/aromatic N) is 3. The molecule has 1 aliphatic rings. The molecule has 2 heterocycles. The predicted octanol–water partition coefficient (Wildman–Crippen LogP) is 5.15. The molecule has 0 spiro atoms. The van der Waals surface area contributed by atoms with Crippen LogP contribution < -0.4 is 5.56 Å². The molecule has 1 fully saturated rings. The summed E-state index contributed by atoms with van der Waals surface area (Å²) in [5.74, 6) is -0.189. The van der Waals surface area contributed by atoms with Crippen LogP contribution in [0.15, 0.2) is 64.0 Å². The fraction of sp³-hybridized carbons (Fsp3) is 0.208. The van der Waals surface area contributed by atoms with Crippen LogP contribution >= 0.6 is 15.9 Å². The third-order valence-corrected chi connectivity index (χ3v) is 6.87. The quantitative estimate of drug-likeness (QED) is 0.320. The van der Waals surface area contributed by atoms with Crippen molar-refractivity contribution in [1.29, 1.82) is 0 Å². The van der Waals surface area contributed by atoms with Crippen molar-refractivity contribution in [2.75, 3.05) is 0 Å². The molecule has 32 heavy (non-hydrogen) atoms. The molecule has 2 aromatic carbocycles. The zero-order chi connectivity index (χ0) is 22.4. The van der Waals surface area contributed by atoms with Crippen molar-refractivity contribution >= 4 is 43.8 Å². The Morgan fingerprint density at radius 2 is 1.78 bits per heavy atom. The normalized spacial score (nSPS) is 14.6. The first-order valence-electron chi connectivity index (χ1n) is 10.2. The summed E-state index contributed by atoms with van der Waals surface area (Å²) in [4.78, 5) is 22.5. The first-order chi connectivity index (χ1) is 15.4. The van der Waals surface area contributed by atoms with Gasteiger partial charge in [-0.05, 0) is 0 Å². The van der Waals surface area contributed by atoms with Gasteiger partial charge in [-0.25, -0.2) is 0 Å². The van der Waals surface area contributed by atoms with Crippen molar-refractivity contribution in [1.82, 2.24) is 14.5 Å². The fourth-order valence-corrected chi connectivity index (χ4v) is 5.03. The van der Waals surface area contributed by atoms with Gasteiger partial charge < -0.3 is 0 Å². The summed E-state index contributed by atoms with van der Waals surface area (Å²) in [6.45, 7) is 0. The van der Waals surface area contributed by atoms with Crippen molar-refractivity contribution < 1.29 is 8.78 Å². The topological polar surface area (TPSA) is 47.8 Å². The molecule has 0 aliphatic heterocycles. The maximum atomic E-state index is 13.7. The number of fused-ring (bicyclic) bond motifs is 1. The number of hydrogen-bond acceptors (Lipinski definition) is 3. The Morgan fingerprint density at radius 1 is 1.09 bits per heavy atom. The Labute approximate surface area is 200 Å². The third-order valence-electron chi connectivity index (χ3n) is 5.57. The molecular weight excluding hydrogens is 539 g/mol. The summed E-state index contributed by atoms with van der Waals surface area (Å²) in [5.41, 5.74) is 2.55. The molecule has 8 heteroatoms. The summed E-state index contributed by atoms with van der Waals surface area (Å²) in [6, 6.07) is 13.1. The Hall–Kier alpha value is -2.37. The van der Waals surface area contributed by atoms with Gasteiger partial charge in [-0.3, -0.25) is 0 Å². The molecule has 0 unspecified atom stereocenters. The van der Waals surface area contributed by atoms with E-state index < -0.39 is 11.6 Å². The second-order valence-corrected chi connectivity index (χ2v) is 10.2. The van der Waals surface area contributed by atoms with Crippen LogP contribution in [0, 0.1) is 11.6 Å². The van der Waals surface area contributed by atoms with Crippen LogP contribution in [0.3, 0.4) is 0 Å². The van der Waals surface area contributed by atoms with Crippen LogP contribution in [-0.2, 0) is 6.42 Å². The number of aromatic nitrogens is 3. The molecule has 2 radical (unpaired) electrons. The van der Waals surface area contributed by atoms with Gasteiger partial charge in [0.2, 0.25) is 0 Å². The van der Waals surface area contributed by atoms with Crippen molar-refractivity contribution in [3.63, 3.8) is 0 Å². The maximum absolute atomic E-state index is 13.7. The monoisotopic (exact) mass is 555 g/mol. The number of pyridine rings is 1. The van der Waals surface area contributed by atoms with Crippen LogP contribution in [0.25, 0.3) is 16.7 Å². The molecule has 0 amide bonds. The van der Waals surface area contributed by atoms with Gasteiger partial charge in [0, 0.05) is 0 Å². The van der Waals surface area contributed by atoms with E-state index in [4.69, 9.17) is 4.98 Å². The van der Waals surface area contributed by atoms with Crippen molar-refractivity contribution in [3.8, 4) is 5.69 Å². The summed E-state index contributed by atoms with van der Waals surface area (Å²) < 4.78 is 29.3. The first kappa shape index (κ1) is 21.5. The van der Waals surface area contributed by atoms with Crippen molar-refractivity contribution in [2.24, 2.45) is 0 Å². The van der Waals surface area contributed by atoms with Gasteiger partial charge in [0.1, 0.15) is 0 Å². The average Bonchev–Trinajstić information content (AvgIpc) is 3.59. The van der Waals surface area contributed by atoms with E-state index in [-0.39, 0.29) is 10.3 Å². The van der Waals surface area contributed by atoms with Gasteiger partial charge in [-0.1, -0.05) is 0 Å². The van der Waals surface area contributed by atoms with Gasteiger partial charge in [0.05, 0.1) is 0 Å². The van der Waals surface area contributed by atoms with E-state index in [1.165, 1.54) is 30.5 Å². The molecular formula is C24H17AsBrF2N3O. The van der Waals surface area contributed by atoms with Crippen molar-refractivity contribution in [3.05, 3.63) is 98.1 Å². The summed E-state index contributed by atoms with van der Waals surface area (Å²) in [6.07, 6.45) is 4.28. The third kappa shape index (κ3) is 4.28. The number of hydrogen-bond donors (Lipinski definition) is 0. The van der Waals surface area contributed by atoms with Gasteiger partial charge in [0.15, 0.2) is 0 Å². The molecule has 0 N–H and O–H groups in total. The second-order valence-electron chi connectivity index (χ2n) is 8.00. The Morgan fingerprint density at radius 3 is 2.44 bits per heavy atom. The molecule has 0 saturated heterocycles. The van der Waals surface area contributed by atoms with E-state index in [0.717, 1.165) is 6.07 Å². The number of rotatable bonds is 5. The second kappa shape index (κ2) is 8.53. The fourth-order valence-electron chi connectivity index (χ4n) is 3.89. The van der Waals surface area contributed by atoms with Crippen LogP contribution in [0.4, 0.5) is 8.78 Å². The van der Waals surface area contributed by atoms with Gasteiger partial charge in [0.25, 0.3) is 0 Å². The van der Waals surface area contributed by atoms with E-state index in [9.17, 15) is 13.6 Å². The van der Waals surface area contributed by atoms with E-state index in [2.05, 4.69) is 37.8 Å². The summed E-state index contributed by atoms with van der Waals surface area (Å²) >= 11 is 5.83.